The van der Waals surface area contributed by atoms with E-state index in [1.165, 1.54) is 24.3 Å². The maximum absolute atomic E-state index is 12.9. The molecule has 0 spiro atoms. The Morgan fingerprint density at radius 1 is 1.25 bits per heavy atom. The van der Waals surface area contributed by atoms with Crippen LogP contribution >= 0.6 is 0 Å². The largest absolute Gasteiger partial charge is 0.508 e. The van der Waals surface area contributed by atoms with Crippen molar-refractivity contribution in [3.8, 4) is 11.5 Å². The van der Waals surface area contributed by atoms with Gasteiger partial charge in [-0.15, -0.1) is 0 Å². The van der Waals surface area contributed by atoms with Crippen LogP contribution in [0, 0.1) is 26.6 Å². The van der Waals surface area contributed by atoms with Crippen molar-refractivity contribution in [2.75, 3.05) is 13.7 Å². The van der Waals surface area contributed by atoms with Crippen LogP contribution in [-0.2, 0) is 27.3 Å². The first-order valence-corrected chi connectivity index (χ1v) is 11.8. The van der Waals surface area contributed by atoms with Crippen LogP contribution < -0.4 is 9.46 Å². The van der Waals surface area contributed by atoms with Gasteiger partial charge in [0.15, 0.2) is 0 Å². The molecule has 2 aromatic carbocycles. The Bertz CT molecular complexity index is 1040. The van der Waals surface area contributed by atoms with Gasteiger partial charge in [0.1, 0.15) is 11.6 Å². The molecule has 175 valence electrons. The number of amidine groups is 1. The number of aromatic hydroxyl groups is 1. The molecule has 0 heterocycles. The van der Waals surface area contributed by atoms with Crippen LogP contribution in [0.2, 0.25) is 0 Å². The van der Waals surface area contributed by atoms with Crippen molar-refractivity contribution < 1.29 is 39.9 Å². The van der Waals surface area contributed by atoms with E-state index in [-0.39, 0.29) is 16.5 Å². The average molecular weight is 502 g/mol. The minimum atomic E-state index is -3.74. The average Bonchev–Trinajstić information content (AvgIpc) is 2.72. The van der Waals surface area contributed by atoms with Crippen LogP contribution in [0.1, 0.15) is 30.5 Å². The van der Waals surface area contributed by atoms with Gasteiger partial charge in [-0.1, -0.05) is 0 Å². The number of hydrogen-bond donors (Lipinski definition) is 2. The Morgan fingerprint density at radius 2 is 1.84 bits per heavy atom. The van der Waals surface area contributed by atoms with E-state index in [9.17, 15) is 12.8 Å². The number of phenols is 1. The summed E-state index contributed by atoms with van der Waals surface area (Å²) in [5.41, 5.74) is 2.08. The predicted molar refractivity (Wildman–Crippen MR) is 119 cm³/mol. The Kier molecular flexibility index (Phi) is 11.0. The van der Waals surface area contributed by atoms with Gasteiger partial charge in [0.25, 0.3) is 0 Å². The molecule has 8 nitrogen and oxygen atoms in total. The van der Waals surface area contributed by atoms with Gasteiger partial charge in [0.2, 0.25) is 0 Å². The van der Waals surface area contributed by atoms with Gasteiger partial charge >= 0.3 is 153 Å². The van der Waals surface area contributed by atoms with E-state index < -0.39 is 16.1 Å². The molecule has 2 rings (SSSR count). The SMILES string of the molecule is CC[N-]C(=N[N]=[V])[C@@H](C)NS(=O)(=O)c1c(C)cc(OC)c(C)c1C.Oc1ccc(F)cc1. The molecule has 0 radical (unpaired) electrons. The maximum atomic E-state index is 12.9. The second-order valence-corrected chi connectivity index (χ2v) is 8.75. The number of likely N-dealkylation sites (N-methyl/N-ethyl adjacent to an activating group) is 1. The number of nitrogens with one attached hydrogen (secondary N) is 1. The molecule has 0 aromatic heterocycles. The van der Waals surface area contributed by atoms with Crippen molar-refractivity contribution in [1.29, 1.82) is 0 Å². The van der Waals surface area contributed by atoms with E-state index in [0.717, 1.165) is 5.56 Å². The zero-order valence-electron chi connectivity index (χ0n) is 18.9. The molecule has 1 atom stereocenters. The van der Waals surface area contributed by atoms with Crippen LogP contribution in [-0.4, -0.2) is 39.1 Å². The number of phenolic OH excluding ortho intramolecular Hbond substituents is 1. The number of halogens is 1. The summed E-state index contributed by atoms with van der Waals surface area (Å²) < 4.78 is 49.3. The van der Waals surface area contributed by atoms with E-state index >= 15 is 0 Å². The number of aryl methyl sites for hydroxylation is 1. The minimum Gasteiger partial charge on any atom is -0.508 e. The number of hydrogen-bond acceptors (Lipinski definition) is 6. The van der Waals surface area contributed by atoms with Crippen LogP contribution in [0.5, 0.6) is 11.5 Å². The number of rotatable bonds is 7. The predicted octanol–water partition coefficient (Wildman–Crippen LogP) is 4.26. The zero-order chi connectivity index (χ0) is 24.5. The van der Waals surface area contributed by atoms with Gasteiger partial charge < -0.3 is 5.11 Å². The molecule has 32 heavy (non-hydrogen) atoms. The van der Waals surface area contributed by atoms with E-state index in [4.69, 9.17) is 9.84 Å². The van der Waals surface area contributed by atoms with Crippen LogP contribution in [0.3, 0.4) is 0 Å². The van der Waals surface area contributed by atoms with Crippen LogP contribution in [0.25, 0.3) is 5.32 Å². The Labute approximate surface area is 198 Å². The summed E-state index contributed by atoms with van der Waals surface area (Å²) >= 11 is 1.96. The number of benzene rings is 2. The summed E-state index contributed by atoms with van der Waals surface area (Å²) in [6.07, 6.45) is 0. The molecule has 0 fully saturated rings. The van der Waals surface area contributed by atoms with E-state index in [0.29, 0.717) is 29.3 Å². The molecule has 2 N–H and O–H groups in total. The summed E-state index contributed by atoms with van der Waals surface area (Å²) in [5.74, 6) is 0.763. The number of sulfonamides is 1. The molecule has 0 saturated heterocycles. The molecule has 0 unspecified atom stereocenters. The second-order valence-electron chi connectivity index (χ2n) is 6.82. The number of nitrogens with zero attached hydrogens (tertiary/aromatic N) is 3. The fraction of sp³-hybridized carbons (Fsp3) is 0.381. The Morgan fingerprint density at radius 3 is 2.31 bits per heavy atom. The second kappa shape index (κ2) is 12.7. The summed E-state index contributed by atoms with van der Waals surface area (Å²) in [5, 5.41) is 16.7. The third-order valence-corrected chi connectivity index (χ3v) is 6.45. The third-order valence-electron chi connectivity index (χ3n) is 4.48. The first-order valence-electron chi connectivity index (χ1n) is 9.69. The molecular formula is C21H28FN4O4SV-. The van der Waals surface area contributed by atoms with Crippen molar-refractivity contribution >= 4 is 15.9 Å². The molecule has 0 amide bonds. The quantitative estimate of drug-likeness (QED) is 0.335. The topological polar surface area (TPSA) is 114 Å². The Hall–Kier alpha value is -2.27. The molecule has 11 heteroatoms. The molecule has 2 aromatic rings. The van der Waals surface area contributed by atoms with Gasteiger partial charge in [0, 0.05) is 0 Å². The molecule has 0 bridgehead atoms. The van der Waals surface area contributed by atoms with Crippen molar-refractivity contribution in [2.24, 2.45) is 9.00 Å². The summed E-state index contributed by atoms with van der Waals surface area (Å²) in [6.45, 7) is 9.39. The molecule has 0 aliphatic carbocycles. The van der Waals surface area contributed by atoms with Crippen molar-refractivity contribution in [1.82, 2.24) is 4.72 Å². The number of ether oxygens (including phenoxy) is 1. The fourth-order valence-electron chi connectivity index (χ4n) is 2.90. The van der Waals surface area contributed by atoms with E-state index in [2.05, 4.69) is 19.0 Å². The fourth-order valence-corrected chi connectivity index (χ4v) is 4.77. The third kappa shape index (κ3) is 7.70. The molecule has 0 aliphatic rings. The zero-order valence-corrected chi connectivity index (χ0v) is 21.1. The summed E-state index contributed by atoms with van der Waals surface area (Å²) in [4.78, 5) is 0.257. The summed E-state index contributed by atoms with van der Waals surface area (Å²) in [7, 11) is -2.18. The molecular weight excluding hydrogens is 474 g/mol. The standard InChI is InChI=1S/C15H23N4O3S.C6H5FO.V/c1-7-17-15(18-16)12(5)19-23(20,21)14-9(2)8-13(22-6)10(3)11(14)4;7-5-1-3-6(8)4-2-5;/h8,12,19H,7H2,1-6H3;1-4,8H;/q-1;;/t12-;;/m1../s1. The first kappa shape index (κ1) is 27.8. The van der Waals surface area contributed by atoms with E-state index in [1.54, 1.807) is 33.9 Å². The number of methoxy groups -OCH3 is 1. The van der Waals surface area contributed by atoms with Crippen molar-refractivity contribution in [3.63, 3.8) is 0 Å². The molecule has 0 saturated carbocycles. The van der Waals surface area contributed by atoms with Crippen LogP contribution in [0.15, 0.2) is 44.2 Å². The van der Waals surface area contributed by atoms with Gasteiger partial charge in [-0.3, -0.25) is 0 Å². The minimum absolute atomic E-state index is 0.0893. The van der Waals surface area contributed by atoms with Crippen LogP contribution in [0.4, 0.5) is 4.39 Å². The van der Waals surface area contributed by atoms with Crippen molar-refractivity contribution in [2.45, 2.75) is 45.6 Å². The summed E-state index contributed by atoms with van der Waals surface area (Å²) in [6, 6.07) is 6.14. The van der Waals surface area contributed by atoms with Gasteiger partial charge in [-0.2, -0.15) is 0 Å². The van der Waals surface area contributed by atoms with Gasteiger partial charge in [-0.05, 0) is 24.3 Å². The van der Waals surface area contributed by atoms with Gasteiger partial charge in [0.05, 0.1) is 0 Å². The van der Waals surface area contributed by atoms with E-state index in [1.807, 2.05) is 31.1 Å². The normalized spacial score (nSPS) is 12.4. The maximum Gasteiger partial charge on any atom is 0.123 e. The van der Waals surface area contributed by atoms with Crippen molar-refractivity contribution in [3.05, 3.63) is 58.2 Å². The smallest absolute Gasteiger partial charge is 0.123 e. The monoisotopic (exact) mass is 502 g/mol. The first-order chi connectivity index (χ1) is 15.0. The molecule has 0 aliphatic heterocycles. The van der Waals surface area contributed by atoms with Gasteiger partial charge in [-0.25, -0.2) is 4.39 Å². The Balaban J connectivity index is 0.000000533.